The van der Waals surface area contributed by atoms with Crippen molar-refractivity contribution in [2.75, 3.05) is 18.6 Å². The van der Waals surface area contributed by atoms with Crippen LogP contribution in [0.3, 0.4) is 0 Å². The van der Waals surface area contributed by atoms with Crippen LogP contribution in [0.4, 0.5) is 0 Å². The average Bonchev–Trinajstić information content (AvgIpc) is 3.08. The lowest BCUT2D eigenvalue weighted by atomic mass is 10.2. The summed E-state index contributed by atoms with van der Waals surface area (Å²) in [6, 6.07) is 10.7. The minimum absolute atomic E-state index is 0.0148. The summed E-state index contributed by atoms with van der Waals surface area (Å²) < 4.78 is 39.2. The van der Waals surface area contributed by atoms with Gasteiger partial charge in [0.15, 0.2) is 9.84 Å². The maximum absolute atomic E-state index is 12.6. The summed E-state index contributed by atoms with van der Waals surface area (Å²) in [5.41, 5.74) is 0.417. The number of fused-ring (bicyclic) bond motifs is 1. The van der Waals surface area contributed by atoms with Crippen LogP contribution < -0.4 is 20.2 Å². The SMILES string of the molecule is COc1ccc2c(=O)c(Oc3ccc(C(=O)NC4CCS(=O)(=O)C4)cc3)coc2c1. The van der Waals surface area contributed by atoms with Crippen LogP contribution in [0, 0.1) is 0 Å². The zero-order chi connectivity index (χ0) is 21.3. The van der Waals surface area contributed by atoms with E-state index in [-0.39, 0.29) is 34.6 Å². The van der Waals surface area contributed by atoms with Crippen molar-refractivity contribution in [2.45, 2.75) is 12.5 Å². The topological polar surface area (TPSA) is 112 Å². The smallest absolute Gasteiger partial charge is 0.251 e. The van der Waals surface area contributed by atoms with Gasteiger partial charge < -0.3 is 19.2 Å². The van der Waals surface area contributed by atoms with E-state index < -0.39 is 9.84 Å². The fraction of sp³-hybridized carbons (Fsp3) is 0.238. The first kappa shape index (κ1) is 20.0. The van der Waals surface area contributed by atoms with Crippen molar-refractivity contribution in [1.29, 1.82) is 0 Å². The summed E-state index contributed by atoms with van der Waals surface area (Å²) in [6.45, 7) is 0. The average molecular weight is 429 g/mol. The summed E-state index contributed by atoms with van der Waals surface area (Å²) in [5.74, 6) is 0.637. The minimum Gasteiger partial charge on any atom is -0.497 e. The molecule has 3 aromatic rings. The standard InChI is InChI=1S/C21H19NO7S/c1-27-16-6-7-17-18(10-16)28-11-19(20(17)23)29-15-4-2-13(3-5-15)21(24)22-14-8-9-30(25,26)12-14/h2-7,10-11,14H,8-9,12H2,1H3,(H,22,24). The molecule has 0 saturated carbocycles. The van der Waals surface area contributed by atoms with Gasteiger partial charge in [-0.3, -0.25) is 9.59 Å². The van der Waals surface area contributed by atoms with Crippen LogP contribution in [0.5, 0.6) is 17.2 Å². The van der Waals surface area contributed by atoms with Crippen molar-refractivity contribution in [2.24, 2.45) is 0 Å². The molecule has 0 spiro atoms. The second kappa shape index (κ2) is 7.83. The quantitative estimate of drug-likeness (QED) is 0.663. The molecule has 1 aromatic heterocycles. The molecule has 1 unspecified atom stereocenters. The van der Waals surface area contributed by atoms with Crippen LogP contribution in [0.25, 0.3) is 11.0 Å². The number of methoxy groups -OCH3 is 1. The summed E-state index contributed by atoms with van der Waals surface area (Å²) in [7, 11) is -1.54. The molecule has 4 rings (SSSR count). The van der Waals surface area contributed by atoms with E-state index in [9.17, 15) is 18.0 Å². The molecule has 1 atom stereocenters. The zero-order valence-electron chi connectivity index (χ0n) is 16.1. The predicted octanol–water partition coefficient (Wildman–Crippen LogP) is 2.51. The molecule has 1 saturated heterocycles. The van der Waals surface area contributed by atoms with Gasteiger partial charge in [-0.25, -0.2) is 8.42 Å². The highest BCUT2D eigenvalue weighted by atomic mass is 32.2. The van der Waals surface area contributed by atoms with Crippen molar-refractivity contribution in [3.8, 4) is 17.2 Å². The molecule has 8 nitrogen and oxygen atoms in total. The number of nitrogens with one attached hydrogen (secondary N) is 1. The lowest BCUT2D eigenvalue weighted by Gasteiger charge is -2.11. The first-order chi connectivity index (χ1) is 14.3. The van der Waals surface area contributed by atoms with Crippen LogP contribution >= 0.6 is 0 Å². The van der Waals surface area contributed by atoms with Gasteiger partial charge in [0.25, 0.3) is 5.91 Å². The summed E-state index contributed by atoms with van der Waals surface area (Å²) in [5, 5.41) is 3.08. The number of sulfone groups is 1. The second-order valence-corrected chi connectivity index (χ2v) is 9.22. The lowest BCUT2D eigenvalue weighted by Crippen LogP contribution is -2.35. The van der Waals surface area contributed by atoms with E-state index in [1.807, 2.05) is 0 Å². The molecule has 0 aliphatic carbocycles. The van der Waals surface area contributed by atoms with Crippen LogP contribution in [-0.2, 0) is 9.84 Å². The normalized spacial score (nSPS) is 17.6. The highest BCUT2D eigenvalue weighted by Gasteiger charge is 2.29. The van der Waals surface area contributed by atoms with E-state index >= 15 is 0 Å². The van der Waals surface area contributed by atoms with Gasteiger partial charge in [0, 0.05) is 17.7 Å². The Balaban J connectivity index is 1.47. The molecule has 30 heavy (non-hydrogen) atoms. The van der Waals surface area contributed by atoms with Crippen LogP contribution in [0.15, 0.2) is 57.9 Å². The molecular weight excluding hydrogens is 410 g/mol. The van der Waals surface area contributed by atoms with Crippen molar-refractivity contribution in [1.82, 2.24) is 5.32 Å². The maximum Gasteiger partial charge on any atom is 0.251 e. The van der Waals surface area contributed by atoms with Gasteiger partial charge in [0.05, 0.1) is 24.0 Å². The van der Waals surface area contributed by atoms with Crippen LogP contribution in [-0.4, -0.2) is 39.0 Å². The molecule has 1 aliphatic rings. The van der Waals surface area contributed by atoms with E-state index in [0.717, 1.165) is 0 Å². The van der Waals surface area contributed by atoms with Crippen molar-refractivity contribution in [3.63, 3.8) is 0 Å². The third-order valence-electron chi connectivity index (χ3n) is 4.86. The number of hydrogen-bond donors (Lipinski definition) is 1. The Morgan fingerprint density at radius 1 is 1.13 bits per heavy atom. The third kappa shape index (κ3) is 4.16. The number of carbonyl (C=O) groups is 1. The van der Waals surface area contributed by atoms with Crippen molar-refractivity contribution < 1.29 is 27.1 Å². The number of rotatable bonds is 5. The van der Waals surface area contributed by atoms with Crippen molar-refractivity contribution >= 4 is 26.7 Å². The Hall–Kier alpha value is -3.33. The van der Waals surface area contributed by atoms with Gasteiger partial charge in [0.2, 0.25) is 11.2 Å². The summed E-state index contributed by atoms with van der Waals surface area (Å²) in [4.78, 5) is 24.9. The fourth-order valence-electron chi connectivity index (χ4n) is 3.27. The molecule has 2 aromatic carbocycles. The Morgan fingerprint density at radius 2 is 1.87 bits per heavy atom. The lowest BCUT2D eigenvalue weighted by molar-refractivity contribution is 0.0941. The second-order valence-electron chi connectivity index (χ2n) is 6.99. The predicted molar refractivity (Wildman–Crippen MR) is 110 cm³/mol. The molecule has 2 heterocycles. The van der Waals surface area contributed by atoms with Gasteiger partial charge in [-0.05, 0) is 42.8 Å². The summed E-state index contributed by atoms with van der Waals surface area (Å²) in [6.07, 6.45) is 1.64. The molecule has 0 bridgehead atoms. The molecular formula is C21H19NO7S. The first-order valence-electron chi connectivity index (χ1n) is 9.23. The van der Waals surface area contributed by atoms with E-state index in [0.29, 0.717) is 34.5 Å². The van der Waals surface area contributed by atoms with Gasteiger partial charge in [0.1, 0.15) is 23.3 Å². The molecule has 1 N–H and O–H groups in total. The Bertz CT molecular complexity index is 1260. The molecule has 0 radical (unpaired) electrons. The monoisotopic (exact) mass is 429 g/mol. The van der Waals surface area contributed by atoms with Crippen molar-refractivity contribution in [3.05, 3.63) is 64.5 Å². The van der Waals surface area contributed by atoms with E-state index in [1.54, 1.807) is 42.5 Å². The Labute approximate surface area is 172 Å². The summed E-state index contributed by atoms with van der Waals surface area (Å²) >= 11 is 0. The fourth-order valence-corrected chi connectivity index (χ4v) is 4.94. The minimum atomic E-state index is -3.07. The number of carbonyl (C=O) groups excluding carboxylic acids is 1. The molecule has 1 amide bonds. The highest BCUT2D eigenvalue weighted by molar-refractivity contribution is 7.91. The number of ether oxygens (including phenoxy) is 2. The van der Waals surface area contributed by atoms with E-state index in [1.165, 1.54) is 13.4 Å². The maximum atomic E-state index is 12.6. The molecule has 9 heteroatoms. The Kier molecular flexibility index (Phi) is 5.21. The van der Waals surface area contributed by atoms with Gasteiger partial charge in [-0.2, -0.15) is 0 Å². The zero-order valence-corrected chi connectivity index (χ0v) is 16.9. The molecule has 156 valence electrons. The third-order valence-corrected chi connectivity index (χ3v) is 6.63. The number of amides is 1. The largest absolute Gasteiger partial charge is 0.497 e. The number of hydrogen-bond acceptors (Lipinski definition) is 7. The van der Waals surface area contributed by atoms with E-state index in [2.05, 4.69) is 5.32 Å². The van der Waals surface area contributed by atoms with Crippen LogP contribution in [0.1, 0.15) is 16.8 Å². The highest BCUT2D eigenvalue weighted by Crippen LogP contribution is 2.24. The molecule has 1 aliphatic heterocycles. The van der Waals surface area contributed by atoms with Gasteiger partial charge >= 0.3 is 0 Å². The number of benzene rings is 2. The Morgan fingerprint density at radius 3 is 2.53 bits per heavy atom. The molecule has 1 fully saturated rings. The van der Waals surface area contributed by atoms with E-state index in [4.69, 9.17) is 13.9 Å². The van der Waals surface area contributed by atoms with Gasteiger partial charge in [-0.15, -0.1) is 0 Å². The van der Waals surface area contributed by atoms with Crippen LogP contribution in [0.2, 0.25) is 0 Å². The first-order valence-corrected chi connectivity index (χ1v) is 11.1. The van der Waals surface area contributed by atoms with Gasteiger partial charge in [-0.1, -0.05) is 0 Å².